The lowest BCUT2D eigenvalue weighted by atomic mass is 10.2. The fourth-order valence-corrected chi connectivity index (χ4v) is 3.15. The minimum atomic E-state index is -4.57. The van der Waals surface area contributed by atoms with E-state index < -0.39 is 33.8 Å². The van der Waals surface area contributed by atoms with Gasteiger partial charge in [0.05, 0.1) is 15.8 Å². The van der Waals surface area contributed by atoms with Gasteiger partial charge in [0.15, 0.2) is 0 Å². The second-order valence-electron chi connectivity index (χ2n) is 5.33. The summed E-state index contributed by atoms with van der Waals surface area (Å²) in [6.07, 6.45) is -4.57. The number of amides is 2. The number of carbonyl (C=O) groups is 2. The molecule has 2 aromatic rings. The zero-order valence-electron chi connectivity index (χ0n) is 13.4. The third kappa shape index (κ3) is 5.15. The van der Waals surface area contributed by atoms with Crippen LogP contribution in [0.1, 0.15) is 22.8 Å². The molecule has 0 aromatic heterocycles. The number of hydrogen-bond acceptors (Lipinski definition) is 3. The van der Waals surface area contributed by atoms with E-state index in [2.05, 4.69) is 5.32 Å². The van der Waals surface area contributed by atoms with Gasteiger partial charge < -0.3 is 11.1 Å². The normalized spacial score (nSPS) is 12.5. The first-order valence-corrected chi connectivity index (χ1v) is 8.58. The van der Waals surface area contributed by atoms with E-state index in [1.54, 1.807) is 6.92 Å². The van der Waals surface area contributed by atoms with E-state index in [1.807, 2.05) is 0 Å². The van der Waals surface area contributed by atoms with Crippen molar-refractivity contribution in [1.29, 1.82) is 0 Å². The SMILES string of the molecule is CC(Sc1ccc(Cl)c(C(F)(F)F)c1)C(=O)Nc1ccc(C(N)=O)cc1. The Kier molecular flexibility index (Phi) is 6.20. The van der Waals surface area contributed by atoms with E-state index in [0.29, 0.717) is 11.3 Å². The lowest BCUT2D eigenvalue weighted by Crippen LogP contribution is -2.22. The van der Waals surface area contributed by atoms with Crippen molar-refractivity contribution in [2.75, 3.05) is 5.32 Å². The van der Waals surface area contributed by atoms with Crippen LogP contribution in [0.3, 0.4) is 0 Å². The van der Waals surface area contributed by atoms with Gasteiger partial charge >= 0.3 is 6.18 Å². The predicted octanol–water partition coefficient (Wildman–Crippen LogP) is 4.58. The van der Waals surface area contributed by atoms with Gasteiger partial charge in [0, 0.05) is 16.1 Å². The third-order valence-corrected chi connectivity index (χ3v) is 4.79. The van der Waals surface area contributed by atoms with Crippen LogP contribution in [-0.2, 0) is 11.0 Å². The fraction of sp³-hybridized carbons (Fsp3) is 0.176. The summed E-state index contributed by atoms with van der Waals surface area (Å²) in [5.41, 5.74) is 4.93. The van der Waals surface area contributed by atoms with E-state index in [0.717, 1.165) is 23.9 Å². The summed E-state index contributed by atoms with van der Waals surface area (Å²) >= 11 is 6.55. The van der Waals surface area contributed by atoms with Crippen LogP contribution in [0.2, 0.25) is 5.02 Å². The molecular weight excluding hydrogens is 389 g/mol. The molecule has 1 atom stereocenters. The van der Waals surface area contributed by atoms with Crippen LogP contribution >= 0.6 is 23.4 Å². The van der Waals surface area contributed by atoms with Gasteiger partial charge in [-0.15, -0.1) is 11.8 Å². The number of hydrogen-bond donors (Lipinski definition) is 2. The van der Waals surface area contributed by atoms with Crippen molar-refractivity contribution < 1.29 is 22.8 Å². The fourth-order valence-electron chi connectivity index (χ4n) is 2.01. The summed E-state index contributed by atoms with van der Waals surface area (Å²) in [5, 5.41) is 1.57. The Balaban J connectivity index is 2.06. The monoisotopic (exact) mass is 402 g/mol. The largest absolute Gasteiger partial charge is 0.417 e. The molecule has 4 nitrogen and oxygen atoms in total. The molecule has 0 spiro atoms. The van der Waals surface area contributed by atoms with Crippen LogP contribution in [0.15, 0.2) is 47.4 Å². The molecule has 0 fully saturated rings. The summed E-state index contributed by atoms with van der Waals surface area (Å²) < 4.78 is 38.7. The van der Waals surface area contributed by atoms with E-state index in [4.69, 9.17) is 17.3 Å². The summed E-state index contributed by atoms with van der Waals surface area (Å²) in [4.78, 5) is 23.5. The van der Waals surface area contributed by atoms with Gasteiger partial charge in [0.25, 0.3) is 0 Å². The summed E-state index contributed by atoms with van der Waals surface area (Å²) in [5.74, 6) is -0.986. The smallest absolute Gasteiger partial charge is 0.366 e. The molecule has 3 N–H and O–H groups in total. The number of anilines is 1. The van der Waals surface area contributed by atoms with Gasteiger partial charge in [-0.3, -0.25) is 9.59 Å². The molecule has 0 aliphatic carbocycles. The minimum Gasteiger partial charge on any atom is -0.366 e. The lowest BCUT2D eigenvalue weighted by Gasteiger charge is -2.14. The number of carbonyl (C=O) groups excluding carboxylic acids is 2. The van der Waals surface area contributed by atoms with Gasteiger partial charge in [-0.25, -0.2) is 0 Å². The number of rotatable bonds is 5. The number of halogens is 4. The summed E-state index contributed by atoms with van der Waals surface area (Å²) in [6.45, 7) is 1.57. The minimum absolute atomic E-state index is 0.272. The maximum atomic E-state index is 12.9. The van der Waals surface area contributed by atoms with Gasteiger partial charge in [-0.1, -0.05) is 11.6 Å². The molecule has 9 heteroatoms. The first-order valence-electron chi connectivity index (χ1n) is 7.32. The number of thioether (sulfide) groups is 1. The highest BCUT2D eigenvalue weighted by Crippen LogP contribution is 2.37. The van der Waals surface area contributed by atoms with Crippen molar-refractivity contribution in [3.8, 4) is 0 Å². The van der Waals surface area contributed by atoms with Gasteiger partial charge in [-0.05, 0) is 49.4 Å². The van der Waals surface area contributed by atoms with Crippen molar-refractivity contribution in [1.82, 2.24) is 0 Å². The molecular formula is C17H14ClF3N2O2S. The molecule has 1 unspecified atom stereocenters. The average Bonchev–Trinajstić information content (AvgIpc) is 2.56. The van der Waals surface area contributed by atoms with E-state index in [-0.39, 0.29) is 4.90 Å². The Bertz CT molecular complexity index is 826. The molecule has 0 aliphatic heterocycles. The van der Waals surface area contributed by atoms with E-state index in [1.165, 1.54) is 30.3 Å². The highest BCUT2D eigenvalue weighted by Gasteiger charge is 2.33. The Hall–Kier alpha value is -2.19. The molecule has 138 valence electrons. The first-order chi connectivity index (χ1) is 12.1. The van der Waals surface area contributed by atoms with E-state index in [9.17, 15) is 22.8 Å². The van der Waals surface area contributed by atoms with Crippen LogP contribution in [0, 0.1) is 0 Å². The molecule has 0 saturated carbocycles. The Morgan fingerprint density at radius 1 is 1.15 bits per heavy atom. The van der Waals surface area contributed by atoms with Crippen LogP contribution in [0.25, 0.3) is 0 Å². The molecule has 2 rings (SSSR count). The molecule has 0 saturated heterocycles. The number of nitrogens with two attached hydrogens (primary N) is 1. The highest BCUT2D eigenvalue weighted by atomic mass is 35.5. The molecule has 26 heavy (non-hydrogen) atoms. The molecule has 2 amide bonds. The topological polar surface area (TPSA) is 72.2 Å². The molecule has 0 radical (unpaired) electrons. The van der Waals surface area contributed by atoms with Gasteiger partial charge in [-0.2, -0.15) is 13.2 Å². The van der Waals surface area contributed by atoms with Crippen molar-refractivity contribution in [2.24, 2.45) is 5.73 Å². The van der Waals surface area contributed by atoms with Crippen LogP contribution in [0.5, 0.6) is 0 Å². The Morgan fingerprint density at radius 2 is 1.77 bits per heavy atom. The maximum absolute atomic E-state index is 12.9. The van der Waals surface area contributed by atoms with Crippen molar-refractivity contribution >= 4 is 40.9 Å². The molecule has 2 aromatic carbocycles. The van der Waals surface area contributed by atoms with Crippen molar-refractivity contribution in [3.63, 3.8) is 0 Å². The van der Waals surface area contributed by atoms with Crippen molar-refractivity contribution in [2.45, 2.75) is 23.2 Å². The molecule has 0 aliphatic rings. The van der Waals surface area contributed by atoms with Gasteiger partial charge in [0.2, 0.25) is 11.8 Å². The Morgan fingerprint density at radius 3 is 2.31 bits per heavy atom. The van der Waals surface area contributed by atoms with Crippen LogP contribution < -0.4 is 11.1 Å². The number of benzene rings is 2. The quantitative estimate of drug-likeness (QED) is 0.719. The number of nitrogens with one attached hydrogen (secondary N) is 1. The first kappa shape index (κ1) is 20.1. The van der Waals surface area contributed by atoms with Gasteiger partial charge in [0.1, 0.15) is 0 Å². The second kappa shape index (κ2) is 8.01. The third-order valence-electron chi connectivity index (χ3n) is 3.36. The second-order valence-corrected chi connectivity index (χ2v) is 7.15. The van der Waals surface area contributed by atoms with E-state index >= 15 is 0 Å². The van der Waals surface area contributed by atoms with Crippen LogP contribution in [-0.4, -0.2) is 17.1 Å². The zero-order valence-corrected chi connectivity index (χ0v) is 15.0. The number of primary amides is 1. The predicted molar refractivity (Wildman–Crippen MR) is 95.4 cm³/mol. The molecule has 0 heterocycles. The van der Waals surface area contributed by atoms with Crippen LogP contribution in [0.4, 0.5) is 18.9 Å². The Labute approximate surface area is 156 Å². The zero-order chi connectivity index (χ0) is 19.5. The summed E-state index contributed by atoms with van der Waals surface area (Å²) in [7, 11) is 0. The lowest BCUT2D eigenvalue weighted by molar-refractivity contribution is -0.137. The maximum Gasteiger partial charge on any atom is 0.417 e. The highest BCUT2D eigenvalue weighted by molar-refractivity contribution is 8.00. The van der Waals surface area contributed by atoms with Crippen molar-refractivity contribution in [3.05, 3.63) is 58.6 Å². The number of alkyl halides is 3. The summed E-state index contributed by atoms with van der Waals surface area (Å²) in [6, 6.07) is 9.44. The average molecular weight is 403 g/mol. The molecule has 0 bridgehead atoms. The standard InChI is InChI=1S/C17H14ClF3N2O2S/c1-9(16(25)23-11-4-2-10(3-5-11)15(22)24)26-12-6-7-14(18)13(8-12)17(19,20)21/h2-9H,1H3,(H2,22,24)(H,23,25).